The summed E-state index contributed by atoms with van der Waals surface area (Å²) >= 11 is 5.22. The molecule has 100 valence electrons. The maximum absolute atomic E-state index is 5.86. The maximum atomic E-state index is 5.86. The SMILES string of the molecule is S=c1[nH]ccn1-c1ncccc1OCc1ccccc1. The first-order valence-corrected chi connectivity index (χ1v) is 6.63. The Balaban J connectivity index is 1.87. The van der Waals surface area contributed by atoms with E-state index in [0.29, 0.717) is 22.9 Å². The van der Waals surface area contributed by atoms with Crippen LogP contribution in [0.2, 0.25) is 0 Å². The van der Waals surface area contributed by atoms with Crippen molar-refractivity contribution in [2.45, 2.75) is 6.61 Å². The van der Waals surface area contributed by atoms with E-state index in [0.717, 1.165) is 5.56 Å². The number of H-pyrrole nitrogens is 1. The standard InChI is InChI=1S/C15H13N3OS/c20-15-17-9-10-18(15)14-13(7-4-8-16-14)19-11-12-5-2-1-3-6-12/h1-10H,11H2,(H,17,20). The maximum Gasteiger partial charge on any atom is 0.183 e. The molecule has 0 atom stereocenters. The summed E-state index contributed by atoms with van der Waals surface area (Å²) in [5.41, 5.74) is 1.11. The van der Waals surface area contributed by atoms with Crippen molar-refractivity contribution in [3.05, 3.63) is 71.4 Å². The molecule has 1 N–H and O–H groups in total. The van der Waals surface area contributed by atoms with Gasteiger partial charge in [-0.05, 0) is 29.9 Å². The van der Waals surface area contributed by atoms with Crippen LogP contribution in [0.1, 0.15) is 5.56 Å². The molecule has 0 aliphatic heterocycles. The number of nitrogens with one attached hydrogen (secondary N) is 1. The zero-order valence-electron chi connectivity index (χ0n) is 10.7. The molecule has 5 heteroatoms. The molecule has 0 amide bonds. The van der Waals surface area contributed by atoms with Crippen molar-refractivity contribution in [3.63, 3.8) is 0 Å². The van der Waals surface area contributed by atoms with Gasteiger partial charge >= 0.3 is 0 Å². The van der Waals surface area contributed by atoms with Gasteiger partial charge in [0.05, 0.1) is 0 Å². The highest BCUT2D eigenvalue weighted by molar-refractivity contribution is 7.71. The first-order valence-electron chi connectivity index (χ1n) is 6.23. The van der Waals surface area contributed by atoms with Gasteiger partial charge in [-0.2, -0.15) is 0 Å². The van der Waals surface area contributed by atoms with Crippen molar-refractivity contribution in [1.82, 2.24) is 14.5 Å². The predicted molar refractivity (Wildman–Crippen MR) is 79.5 cm³/mol. The van der Waals surface area contributed by atoms with Crippen LogP contribution in [0.5, 0.6) is 5.75 Å². The molecule has 0 saturated carbocycles. The lowest BCUT2D eigenvalue weighted by atomic mass is 10.2. The Kier molecular flexibility index (Phi) is 3.60. The van der Waals surface area contributed by atoms with E-state index in [-0.39, 0.29) is 0 Å². The molecule has 0 unspecified atom stereocenters. The lowest BCUT2D eigenvalue weighted by molar-refractivity contribution is 0.304. The van der Waals surface area contributed by atoms with Crippen LogP contribution in [0, 0.1) is 4.77 Å². The van der Waals surface area contributed by atoms with Crippen molar-refractivity contribution in [1.29, 1.82) is 0 Å². The van der Waals surface area contributed by atoms with Gasteiger partial charge in [0, 0.05) is 18.6 Å². The number of ether oxygens (including phenoxy) is 1. The molecule has 0 radical (unpaired) electrons. The van der Waals surface area contributed by atoms with E-state index in [1.807, 2.05) is 48.7 Å². The Morgan fingerprint density at radius 3 is 2.75 bits per heavy atom. The fraction of sp³-hybridized carbons (Fsp3) is 0.0667. The third kappa shape index (κ3) is 2.62. The van der Waals surface area contributed by atoms with Gasteiger partial charge in [0.1, 0.15) is 6.61 Å². The number of hydrogen-bond acceptors (Lipinski definition) is 3. The minimum Gasteiger partial charge on any atom is -0.485 e. The second kappa shape index (κ2) is 5.71. The molecular formula is C15H13N3OS. The van der Waals surface area contributed by atoms with Crippen LogP contribution in [-0.4, -0.2) is 14.5 Å². The van der Waals surface area contributed by atoms with Crippen molar-refractivity contribution < 1.29 is 4.74 Å². The first kappa shape index (κ1) is 12.6. The largest absolute Gasteiger partial charge is 0.485 e. The molecule has 2 heterocycles. The Morgan fingerprint density at radius 1 is 1.15 bits per heavy atom. The molecular weight excluding hydrogens is 270 g/mol. The van der Waals surface area contributed by atoms with E-state index in [9.17, 15) is 0 Å². The fourth-order valence-electron chi connectivity index (χ4n) is 1.90. The zero-order chi connectivity index (χ0) is 13.8. The van der Waals surface area contributed by atoms with Gasteiger partial charge < -0.3 is 9.72 Å². The Labute approximate surface area is 121 Å². The summed E-state index contributed by atoms with van der Waals surface area (Å²) in [6.45, 7) is 0.497. The second-order valence-corrected chi connectivity index (χ2v) is 4.62. The quantitative estimate of drug-likeness (QED) is 0.745. The summed E-state index contributed by atoms with van der Waals surface area (Å²) in [5.74, 6) is 1.39. The van der Waals surface area contributed by atoms with Crippen molar-refractivity contribution in [2.24, 2.45) is 0 Å². The van der Waals surface area contributed by atoms with Gasteiger partial charge in [-0.1, -0.05) is 30.3 Å². The summed E-state index contributed by atoms with van der Waals surface area (Å²) in [6.07, 6.45) is 5.33. The number of imidazole rings is 1. The Morgan fingerprint density at radius 2 is 2.00 bits per heavy atom. The van der Waals surface area contributed by atoms with Crippen LogP contribution in [-0.2, 0) is 6.61 Å². The van der Waals surface area contributed by atoms with Crippen LogP contribution in [0.4, 0.5) is 0 Å². The highest BCUT2D eigenvalue weighted by Gasteiger charge is 2.07. The van der Waals surface area contributed by atoms with Crippen LogP contribution in [0.15, 0.2) is 61.1 Å². The van der Waals surface area contributed by atoms with Gasteiger partial charge in [0.2, 0.25) is 0 Å². The topological polar surface area (TPSA) is 42.8 Å². The van der Waals surface area contributed by atoms with Crippen LogP contribution >= 0.6 is 12.2 Å². The average molecular weight is 283 g/mol. The highest BCUT2D eigenvalue weighted by atomic mass is 32.1. The van der Waals surface area contributed by atoms with Gasteiger partial charge in [0.25, 0.3) is 0 Å². The molecule has 0 fully saturated rings. The molecule has 4 nitrogen and oxygen atoms in total. The minimum atomic E-state index is 0.497. The normalized spacial score (nSPS) is 10.4. The van der Waals surface area contributed by atoms with E-state index in [4.69, 9.17) is 17.0 Å². The van der Waals surface area contributed by atoms with Crippen LogP contribution in [0.3, 0.4) is 0 Å². The third-order valence-electron chi connectivity index (χ3n) is 2.87. The third-order valence-corrected chi connectivity index (χ3v) is 3.18. The lowest BCUT2D eigenvalue weighted by Crippen LogP contribution is -2.02. The number of aromatic nitrogens is 3. The van der Waals surface area contributed by atoms with Gasteiger partial charge in [-0.15, -0.1) is 0 Å². The monoisotopic (exact) mass is 283 g/mol. The summed E-state index contributed by atoms with van der Waals surface area (Å²) < 4.78 is 8.24. The molecule has 20 heavy (non-hydrogen) atoms. The van der Waals surface area contributed by atoms with Crippen LogP contribution in [0.25, 0.3) is 5.82 Å². The van der Waals surface area contributed by atoms with E-state index in [2.05, 4.69) is 9.97 Å². The number of hydrogen-bond donors (Lipinski definition) is 1. The Bertz CT molecular complexity index is 749. The van der Waals surface area contributed by atoms with E-state index in [1.165, 1.54) is 0 Å². The van der Waals surface area contributed by atoms with Crippen LogP contribution < -0.4 is 4.74 Å². The highest BCUT2D eigenvalue weighted by Crippen LogP contribution is 2.21. The number of pyridine rings is 1. The summed E-state index contributed by atoms with van der Waals surface area (Å²) in [7, 11) is 0. The van der Waals surface area contributed by atoms with Gasteiger partial charge in [0.15, 0.2) is 16.3 Å². The Hall–Kier alpha value is -2.40. The predicted octanol–water partition coefficient (Wildman–Crippen LogP) is 3.51. The average Bonchev–Trinajstić information content (AvgIpc) is 2.92. The number of rotatable bonds is 4. The molecule has 0 spiro atoms. The second-order valence-electron chi connectivity index (χ2n) is 4.23. The smallest absolute Gasteiger partial charge is 0.183 e. The fourth-order valence-corrected chi connectivity index (χ4v) is 2.11. The molecule has 0 bridgehead atoms. The molecule has 3 rings (SSSR count). The molecule has 3 aromatic rings. The van der Waals surface area contributed by atoms with E-state index in [1.54, 1.807) is 17.0 Å². The van der Waals surface area contributed by atoms with Crippen molar-refractivity contribution >= 4 is 12.2 Å². The summed E-state index contributed by atoms with van der Waals surface area (Å²) in [4.78, 5) is 7.30. The zero-order valence-corrected chi connectivity index (χ0v) is 11.5. The lowest BCUT2D eigenvalue weighted by Gasteiger charge is -2.10. The van der Waals surface area contributed by atoms with Crippen molar-refractivity contribution in [3.8, 4) is 11.6 Å². The molecule has 2 aromatic heterocycles. The molecule has 0 saturated heterocycles. The first-order chi connectivity index (χ1) is 9.84. The summed E-state index contributed by atoms with van der Waals surface area (Å²) in [5, 5.41) is 0. The number of nitrogens with zero attached hydrogens (tertiary/aromatic N) is 2. The van der Waals surface area contributed by atoms with E-state index >= 15 is 0 Å². The molecule has 0 aliphatic rings. The minimum absolute atomic E-state index is 0.497. The van der Waals surface area contributed by atoms with E-state index < -0.39 is 0 Å². The summed E-state index contributed by atoms with van der Waals surface area (Å²) in [6, 6.07) is 13.8. The van der Waals surface area contributed by atoms with Gasteiger partial charge in [-0.25, -0.2) is 4.98 Å². The molecule has 1 aromatic carbocycles. The van der Waals surface area contributed by atoms with Gasteiger partial charge in [-0.3, -0.25) is 4.57 Å². The number of aromatic amines is 1. The van der Waals surface area contributed by atoms with Crippen molar-refractivity contribution in [2.75, 3.05) is 0 Å². The number of benzene rings is 1. The molecule has 0 aliphatic carbocycles.